The lowest BCUT2D eigenvalue weighted by Crippen LogP contribution is -2.54. The minimum Gasteiger partial charge on any atom is -0.361 e. The molecule has 20 heavy (non-hydrogen) atoms. The number of rotatable bonds is 4. The molecule has 1 aliphatic carbocycles. The van der Waals surface area contributed by atoms with E-state index in [0.29, 0.717) is 24.5 Å². The number of nitrogens with zero attached hydrogens (tertiary/aromatic N) is 1. The monoisotopic (exact) mass is 277 g/mol. The van der Waals surface area contributed by atoms with Crippen LogP contribution in [0.2, 0.25) is 0 Å². The summed E-state index contributed by atoms with van der Waals surface area (Å²) in [5, 5.41) is 9.78. The molecule has 6 heteroatoms. The number of carbonyl (C=O) groups is 2. The van der Waals surface area contributed by atoms with Crippen LogP contribution in [-0.2, 0) is 16.0 Å². The van der Waals surface area contributed by atoms with E-state index in [9.17, 15) is 9.59 Å². The summed E-state index contributed by atoms with van der Waals surface area (Å²) in [7, 11) is 0. The van der Waals surface area contributed by atoms with E-state index in [4.69, 9.17) is 4.52 Å². The number of amides is 2. The van der Waals surface area contributed by atoms with E-state index in [2.05, 4.69) is 15.8 Å². The third kappa shape index (κ3) is 3.00. The van der Waals surface area contributed by atoms with Crippen LogP contribution in [0.3, 0.4) is 0 Å². The molecule has 0 radical (unpaired) electrons. The molecule has 2 N–H and O–H groups in total. The standard InChI is InChI=1S/C14H19N3O3/c1-8-11(4-5-13(18)15-8)16-14(19)7-10-6-12(17-20-10)9-2-3-9/h6,8-9,11H,2-5,7H2,1H3,(H,15,18)(H,16,19). The van der Waals surface area contributed by atoms with Gasteiger partial charge in [0, 0.05) is 30.5 Å². The van der Waals surface area contributed by atoms with Crippen LogP contribution in [-0.4, -0.2) is 29.1 Å². The second kappa shape index (κ2) is 5.26. The number of nitrogens with one attached hydrogen (secondary N) is 2. The molecule has 1 saturated heterocycles. The molecule has 6 nitrogen and oxygen atoms in total. The maximum Gasteiger partial charge on any atom is 0.228 e. The number of piperidine rings is 1. The fraction of sp³-hybridized carbons (Fsp3) is 0.643. The van der Waals surface area contributed by atoms with Crippen molar-refractivity contribution in [3.05, 3.63) is 17.5 Å². The molecule has 2 amide bonds. The first-order valence-corrected chi connectivity index (χ1v) is 7.16. The quantitative estimate of drug-likeness (QED) is 0.855. The Morgan fingerprint density at radius 2 is 2.30 bits per heavy atom. The van der Waals surface area contributed by atoms with E-state index < -0.39 is 0 Å². The van der Waals surface area contributed by atoms with E-state index >= 15 is 0 Å². The number of hydrogen-bond donors (Lipinski definition) is 2. The molecule has 2 atom stereocenters. The molecular weight excluding hydrogens is 258 g/mol. The van der Waals surface area contributed by atoms with Crippen molar-refractivity contribution >= 4 is 11.8 Å². The lowest BCUT2D eigenvalue weighted by atomic mass is 9.99. The molecule has 0 aromatic carbocycles. The van der Waals surface area contributed by atoms with Gasteiger partial charge in [-0.05, 0) is 26.2 Å². The zero-order valence-electron chi connectivity index (χ0n) is 11.5. The maximum atomic E-state index is 12.0. The van der Waals surface area contributed by atoms with Gasteiger partial charge in [-0.15, -0.1) is 0 Å². The Morgan fingerprint density at radius 1 is 1.50 bits per heavy atom. The summed E-state index contributed by atoms with van der Waals surface area (Å²) >= 11 is 0. The van der Waals surface area contributed by atoms with Gasteiger partial charge in [-0.1, -0.05) is 5.16 Å². The molecule has 1 aromatic rings. The average molecular weight is 277 g/mol. The molecule has 108 valence electrons. The highest BCUT2D eigenvalue weighted by atomic mass is 16.5. The van der Waals surface area contributed by atoms with Gasteiger partial charge in [-0.25, -0.2) is 0 Å². The van der Waals surface area contributed by atoms with Crippen molar-refractivity contribution in [3.63, 3.8) is 0 Å². The van der Waals surface area contributed by atoms with Crippen LogP contribution in [0.1, 0.15) is 50.0 Å². The molecule has 0 bridgehead atoms. The third-order valence-corrected chi connectivity index (χ3v) is 3.93. The van der Waals surface area contributed by atoms with Crippen LogP contribution in [0.15, 0.2) is 10.6 Å². The molecule has 1 aliphatic heterocycles. The molecule has 2 fully saturated rings. The van der Waals surface area contributed by atoms with E-state index in [0.717, 1.165) is 18.5 Å². The summed E-state index contributed by atoms with van der Waals surface area (Å²) in [6, 6.07) is 1.84. The summed E-state index contributed by atoms with van der Waals surface area (Å²) in [4.78, 5) is 23.2. The van der Waals surface area contributed by atoms with Crippen LogP contribution in [0.5, 0.6) is 0 Å². The minimum absolute atomic E-state index is 0.00831. The second-order valence-corrected chi connectivity index (χ2v) is 5.74. The van der Waals surface area contributed by atoms with E-state index in [1.54, 1.807) is 0 Å². The van der Waals surface area contributed by atoms with Crippen molar-refractivity contribution < 1.29 is 14.1 Å². The van der Waals surface area contributed by atoms with E-state index in [-0.39, 0.29) is 30.3 Å². The Balaban J connectivity index is 1.52. The van der Waals surface area contributed by atoms with Crippen molar-refractivity contribution in [3.8, 4) is 0 Å². The number of carbonyl (C=O) groups excluding carboxylic acids is 2. The first kappa shape index (κ1) is 13.1. The summed E-state index contributed by atoms with van der Waals surface area (Å²) in [5.41, 5.74) is 0.964. The number of aromatic nitrogens is 1. The zero-order chi connectivity index (χ0) is 14.1. The zero-order valence-corrected chi connectivity index (χ0v) is 11.5. The minimum atomic E-state index is -0.0866. The molecule has 2 heterocycles. The highest BCUT2D eigenvalue weighted by Gasteiger charge is 2.29. The lowest BCUT2D eigenvalue weighted by Gasteiger charge is -2.30. The smallest absolute Gasteiger partial charge is 0.228 e. The first-order chi connectivity index (χ1) is 9.61. The SMILES string of the molecule is CC1NC(=O)CCC1NC(=O)Cc1cc(C2CC2)no1. The highest BCUT2D eigenvalue weighted by molar-refractivity contribution is 5.80. The Labute approximate surface area is 117 Å². The van der Waals surface area contributed by atoms with Crippen LogP contribution in [0, 0.1) is 0 Å². The fourth-order valence-corrected chi connectivity index (χ4v) is 2.56. The van der Waals surface area contributed by atoms with Crippen LogP contribution < -0.4 is 10.6 Å². The van der Waals surface area contributed by atoms with Crippen molar-refractivity contribution in [2.75, 3.05) is 0 Å². The largest absolute Gasteiger partial charge is 0.361 e. The van der Waals surface area contributed by atoms with Crippen molar-refractivity contribution in [2.45, 2.75) is 57.0 Å². The van der Waals surface area contributed by atoms with Crippen molar-refractivity contribution in [1.29, 1.82) is 0 Å². The average Bonchev–Trinajstić information content (AvgIpc) is 3.14. The van der Waals surface area contributed by atoms with Gasteiger partial charge < -0.3 is 15.2 Å². The van der Waals surface area contributed by atoms with Gasteiger partial charge in [-0.3, -0.25) is 9.59 Å². The van der Waals surface area contributed by atoms with Gasteiger partial charge in [-0.2, -0.15) is 0 Å². The van der Waals surface area contributed by atoms with Crippen molar-refractivity contribution in [2.24, 2.45) is 0 Å². The summed E-state index contributed by atoms with van der Waals surface area (Å²) in [6.07, 6.45) is 3.68. The van der Waals surface area contributed by atoms with Crippen LogP contribution in [0.25, 0.3) is 0 Å². The van der Waals surface area contributed by atoms with Gasteiger partial charge in [0.2, 0.25) is 11.8 Å². The normalized spacial score (nSPS) is 26.1. The van der Waals surface area contributed by atoms with Gasteiger partial charge in [0.05, 0.1) is 12.1 Å². The predicted molar refractivity (Wildman–Crippen MR) is 71.0 cm³/mol. The van der Waals surface area contributed by atoms with Gasteiger partial charge in [0.25, 0.3) is 0 Å². The Morgan fingerprint density at radius 3 is 3.00 bits per heavy atom. The highest BCUT2D eigenvalue weighted by Crippen LogP contribution is 2.39. The van der Waals surface area contributed by atoms with Crippen LogP contribution in [0.4, 0.5) is 0 Å². The summed E-state index contributed by atoms with van der Waals surface area (Å²) in [5.74, 6) is 1.10. The molecule has 3 rings (SSSR count). The summed E-state index contributed by atoms with van der Waals surface area (Å²) < 4.78 is 5.19. The fourth-order valence-electron chi connectivity index (χ4n) is 2.56. The topological polar surface area (TPSA) is 84.2 Å². The predicted octanol–water partition coefficient (Wildman–Crippen LogP) is 0.878. The molecule has 0 spiro atoms. The maximum absolute atomic E-state index is 12.0. The Bertz CT molecular complexity index is 521. The first-order valence-electron chi connectivity index (χ1n) is 7.16. The third-order valence-electron chi connectivity index (χ3n) is 3.93. The summed E-state index contributed by atoms with van der Waals surface area (Å²) in [6.45, 7) is 1.90. The lowest BCUT2D eigenvalue weighted by molar-refractivity contribution is -0.126. The number of hydrogen-bond acceptors (Lipinski definition) is 4. The van der Waals surface area contributed by atoms with Gasteiger partial charge in [0.1, 0.15) is 5.76 Å². The Hall–Kier alpha value is -1.85. The molecule has 1 aromatic heterocycles. The second-order valence-electron chi connectivity index (χ2n) is 5.74. The van der Waals surface area contributed by atoms with Gasteiger partial charge in [0.15, 0.2) is 0 Å². The van der Waals surface area contributed by atoms with Gasteiger partial charge >= 0.3 is 0 Å². The van der Waals surface area contributed by atoms with E-state index in [1.165, 1.54) is 0 Å². The van der Waals surface area contributed by atoms with Crippen LogP contribution >= 0.6 is 0 Å². The van der Waals surface area contributed by atoms with Crippen molar-refractivity contribution in [1.82, 2.24) is 15.8 Å². The molecule has 2 unspecified atom stereocenters. The molecular formula is C14H19N3O3. The van der Waals surface area contributed by atoms with E-state index in [1.807, 2.05) is 13.0 Å². The molecule has 2 aliphatic rings. The Kier molecular flexibility index (Phi) is 3.46. The molecule has 1 saturated carbocycles.